The maximum Gasteiger partial charge on any atom is 0.336 e. The number of esters is 2. The minimum atomic E-state index is -1.33. The van der Waals surface area contributed by atoms with Crippen molar-refractivity contribution >= 4 is 23.3 Å². The van der Waals surface area contributed by atoms with Crippen molar-refractivity contribution in [1.82, 2.24) is 10.3 Å². The quantitative estimate of drug-likeness (QED) is 0.304. The number of phenols is 2. The van der Waals surface area contributed by atoms with E-state index < -0.39 is 29.3 Å². The molecule has 0 radical (unpaired) electrons. The number of nitrogens with zero attached hydrogens (tertiary/aromatic N) is 1. The van der Waals surface area contributed by atoms with E-state index in [4.69, 9.17) is 14.5 Å². The van der Waals surface area contributed by atoms with Gasteiger partial charge in [-0.25, -0.2) is 9.78 Å². The lowest BCUT2D eigenvalue weighted by Crippen LogP contribution is -2.60. The van der Waals surface area contributed by atoms with Gasteiger partial charge in [0.25, 0.3) is 0 Å². The maximum absolute atomic E-state index is 14.0. The zero-order chi connectivity index (χ0) is 26.7. The normalized spacial score (nSPS) is 21.3. The number of benzene rings is 2. The van der Waals surface area contributed by atoms with Crippen molar-refractivity contribution in [3.8, 4) is 22.8 Å². The van der Waals surface area contributed by atoms with Gasteiger partial charge in [-0.1, -0.05) is 30.3 Å². The van der Waals surface area contributed by atoms with Gasteiger partial charge >= 0.3 is 11.9 Å². The predicted molar refractivity (Wildman–Crippen MR) is 140 cm³/mol. The number of thiazole rings is 1. The number of rotatable bonds is 7. The minimum absolute atomic E-state index is 0.167. The summed E-state index contributed by atoms with van der Waals surface area (Å²) in [5.41, 5.74) is 1.39. The molecule has 0 bridgehead atoms. The number of nitrogens with one attached hydrogen (secondary N) is 1. The van der Waals surface area contributed by atoms with Gasteiger partial charge in [-0.3, -0.25) is 4.79 Å². The first-order chi connectivity index (χ1) is 17.7. The van der Waals surface area contributed by atoms with E-state index in [9.17, 15) is 19.8 Å². The molecular formula is C28H30N2O6S. The van der Waals surface area contributed by atoms with E-state index in [1.54, 1.807) is 32.2 Å². The van der Waals surface area contributed by atoms with Crippen LogP contribution < -0.4 is 5.32 Å². The molecule has 4 rings (SSSR count). The molecule has 3 unspecified atom stereocenters. The fourth-order valence-electron chi connectivity index (χ4n) is 5.04. The van der Waals surface area contributed by atoms with Crippen molar-refractivity contribution in [1.29, 1.82) is 0 Å². The third-order valence-corrected chi connectivity index (χ3v) is 7.57. The molecule has 194 valence electrons. The molecule has 8 nitrogen and oxygen atoms in total. The Morgan fingerprint density at radius 1 is 1.05 bits per heavy atom. The lowest BCUT2D eigenvalue weighted by molar-refractivity contribution is -0.153. The first kappa shape index (κ1) is 26.2. The molecule has 3 N–H and O–H groups in total. The van der Waals surface area contributed by atoms with Crippen molar-refractivity contribution in [2.75, 3.05) is 13.2 Å². The summed E-state index contributed by atoms with van der Waals surface area (Å²) in [6, 6.07) is 13.3. The predicted octanol–water partition coefficient (Wildman–Crippen LogP) is 4.63. The van der Waals surface area contributed by atoms with Crippen LogP contribution in [0.5, 0.6) is 11.5 Å². The third-order valence-electron chi connectivity index (χ3n) is 6.66. The molecule has 9 heteroatoms. The Bertz CT molecular complexity index is 1340. The van der Waals surface area contributed by atoms with Crippen LogP contribution in [0.15, 0.2) is 65.2 Å². The molecule has 1 aliphatic heterocycles. The van der Waals surface area contributed by atoms with Gasteiger partial charge in [-0.2, -0.15) is 0 Å². The van der Waals surface area contributed by atoms with Crippen LogP contribution in [0.4, 0.5) is 0 Å². The van der Waals surface area contributed by atoms with Gasteiger partial charge in [0.05, 0.1) is 30.4 Å². The number of aromatic hydroxyl groups is 2. The van der Waals surface area contributed by atoms with Crippen LogP contribution in [-0.4, -0.2) is 46.4 Å². The zero-order valence-electron chi connectivity index (χ0n) is 21.1. The van der Waals surface area contributed by atoms with Crippen molar-refractivity contribution in [2.45, 2.75) is 45.1 Å². The molecule has 2 aromatic carbocycles. The van der Waals surface area contributed by atoms with E-state index in [0.29, 0.717) is 33.1 Å². The molecule has 0 aliphatic carbocycles. The molecule has 37 heavy (non-hydrogen) atoms. The van der Waals surface area contributed by atoms with E-state index in [1.165, 1.54) is 23.5 Å². The summed E-state index contributed by atoms with van der Waals surface area (Å²) in [7, 11) is 0. The van der Waals surface area contributed by atoms with Gasteiger partial charge in [0.1, 0.15) is 10.4 Å². The second kappa shape index (κ2) is 10.6. The highest BCUT2D eigenvalue weighted by molar-refractivity contribution is 7.10. The maximum atomic E-state index is 14.0. The fraction of sp³-hybridized carbons (Fsp3) is 0.321. The Hall–Kier alpha value is -3.85. The smallest absolute Gasteiger partial charge is 0.336 e. The van der Waals surface area contributed by atoms with Crippen LogP contribution in [0.25, 0.3) is 11.3 Å². The molecule has 2 heterocycles. The first-order valence-corrected chi connectivity index (χ1v) is 13.0. The van der Waals surface area contributed by atoms with Gasteiger partial charge in [0, 0.05) is 22.7 Å². The summed E-state index contributed by atoms with van der Waals surface area (Å²) in [5, 5.41) is 25.4. The Labute approximate surface area is 219 Å². The van der Waals surface area contributed by atoms with E-state index in [2.05, 4.69) is 5.32 Å². The molecule has 3 aromatic rings. The monoisotopic (exact) mass is 522 g/mol. The lowest BCUT2D eigenvalue weighted by Gasteiger charge is -2.47. The SMILES string of the molecule is CCOC(=O)C1=C(C)NC(C)C(C(=O)OCC)(c2ccccc2)C1c1nc(-c2ccc(O)c(O)c2)cs1. The summed E-state index contributed by atoms with van der Waals surface area (Å²) in [6.45, 7) is 7.51. The van der Waals surface area contributed by atoms with E-state index in [-0.39, 0.29) is 24.7 Å². The molecule has 0 saturated heterocycles. The van der Waals surface area contributed by atoms with E-state index >= 15 is 0 Å². The van der Waals surface area contributed by atoms with Gasteiger partial charge in [0.2, 0.25) is 0 Å². The Balaban J connectivity index is 2.00. The largest absolute Gasteiger partial charge is 0.504 e. The van der Waals surface area contributed by atoms with Crippen LogP contribution in [0.3, 0.4) is 0 Å². The average molecular weight is 523 g/mol. The summed E-state index contributed by atoms with van der Waals surface area (Å²) in [6.07, 6.45) is 0. The number of carbonyl (C=O) groups is 2. The van der Waals surface area contributed by atoms with Crippen molar-refractivity contribution in [2.24, 2.45) is 0 Å². The number of hydrogen-bond donors (Lipinski definition) is 3. The van der Waals surface area contributed by atoms with Gasteiger partial charge in [0.15, 0.2) is 11.5 Å². The van der Waals surface area contributed by atoms with E-state index in [0.717, 1.165) is 0 Å². The number of aromatic nitrogens is 1. The number of allylic oxidation sites excluding steroid dienone is 1. The first-order valence-electron chi connectivity index (χ1n) is 12.1. The van der Waals surface area contributed by atoms with Crippen molar-refractivity contribution < 1.29 is 29.3 Å². The van der Waals surface area contributed by atoms with Gasteiger partial charge in [-0.15, -0.1) is 11.3 Å². The van der Waals surface area contributed by atoms with Crippen molar-refractivity contribution in [3.63, 3.8) is 0 Å². The topological polar surface area (TPSA) is 118 Å². The van der Waals surface area contributed by atoms with Gasteiger partial charge in [-0.05, 0) is 51.5 Å². The summed E-state index contributed by atoms with van der Waals surface area (Å²) >= 11 is 1.30. The van der Waals surface area contributed by atoms with Crippen LogP contribution >= 0.6 is 11.3 Å². The average Bonchev–Trinajstić information content (AvgIpc) is 3.36. The summed E-state index contributed by atoms with van der Waals surface area (Å²) in [4.78, 5) is 32.2. The summed E-state index contributed by atoms with van der Waals surface area (Å²) < 4.78 is 11.1. The Kier molecular flexibility index (Phi) is 7.54. The molecular weight excluding hydrogens is 492 g/mol. The second-order valence-corrected chi connectivity index (χ2v) is 9.68. The summed E-state index contributed by atoms with van der Waals surface area (Å²) in [5.74, 6) is -2.32. The number of carbonyl (C=O) groups excluding carboxylic acids is 2. The second-order valence-electron chi connectivity index (χ2n) is 8.79. The zero-order valence-corrected chi connectivity index (χ0v) is 22.0. The Morgan fingerprint density at radius 3 is 2.41 bits per heavy atom. The highest BCUT2D eigenvalue weighted by Gasteiger charge is 2.59. The molecule has 3 atom stereocenters. The van der Waals surface area contributed by atoms with E-state index in [1.807, 2.05) is 37.3 Å². The molecule has 1 aliphatic rings. The lowest BCUT2D eigenvalue weighted by atomic mass is 9.61. The number of phenolic OH excluding ortho intramolecular Hbond substituents is 2. The third kappa shape index (κ3) is 4.55. The number of ether oxygens (including phenoxy) is 2. The minimum Gasteiger partial charge on any atom is -0.504 e. The Morgan fingerprint density at radius 2 is 1.76 bits per heavy atom. The fourth-order valence-corrected chi connectivity index (χ4v) is 6.05. The highest BCUT2D eigenvalue weighted by Crippen LogP contribution is 2.52. The molecule has 0 saturated carbocycles. The van der Waals surface area contributed by atoms with Crippen LogP contribution in [0, 0.1) is 0 Å². The van der Waals surface area contributed by atoms with Crippen LogP contribution in [0.1, 0.15) is 44.2 Å². The highest BCUT2D eigenvalue weighted by atomic mass is 32.1. The van der Waals surface area contributed by atoms with Gasteiger partial charge < -0.3 is 25.0 Å². The standard InChI is InChI=1S/C28H30N2O6S/c1-5-35-26(33)23-16(3)29-17(4)28(27(34)36-6-2,19-10-8-7-9-11-19)24(23)25-30-20(15-37-25)18-12-13-21(31)22(32)14-18/h7-15,17,24,29,31-32H,5-6H2,1-4H3. The van der Waals surface area contributed by atoms with Crippen LogP contribution in [0.2, 0.25) is 0 Å². The van der Waals surface area contributed by atoms with Crippen molar-refractivity contribution in [3.05, 3.63) is 75.8 Å². The molecule has 0 fully saturated rings. The molecule has 0 amide bonds. The number of hydrogen-bond acceptors (Lipinski definition) is 9. The molecule has 1 aromatic heterocycles. The molecule has 0 spiro atoms. The van der Waals surface area contributed by atoms with Crippen LogP contribution in [-0.2, 0) is 24.5 Å².